The van der Waals surface area contributed by atoms with Crippen LogP contribution in [0.1, 0.15) is 4.88 Å². The maximum Gasteiger partial charge on any atom is 0.147 e. The van der Waals surface area contributed by atoms with Gasteiger partial charge in [-0.15, -0.1) is 11.3 Å². The Hall–Kier alpha value is -1.00. The average Bonchev–Trinajstić information content (AvgIpc) is 2.45. The first-order valence-electron chi connectivity index (χ1n) is 3.70. The zero-order valence-corrected chi connectivity index (χ0v) is 7.37. The molecule has 1 nitrogen and oxygen atoms in total. The van der Waals surface area contributed by atoms with Crippen LogP contribution in [0, 0.1) is 11.6 Å². The lowest BCUT2D eigenvalue weighted by Crippen LogP contribution is -1.80. The Labute approximate surface area is 77.2 Å². The summed E-state index contributed by atoms with van der Waals surface area (Å²) < 4.78 is 26.6. The summed E-state index contributed by atoms with van der Waals surface area (Å²) >= 11 is 0.951. The third-order valence-electron chi connectivity index (χ3n) is 1.82. The molecule has 0 aliphatic rings. The summed E-state index contributed by atoms with van der Waals surface area (Å²) in [5.74, 6) is -0.955. The van der Waals surface area contributed by atoms with Crippen LogP contribution < -0.4 is 0 Å². The number of benzene rings is 1. The molecule has 0 atom stereocenters. The molecule has 0 saturated carbocycles. The standard InChI is InChI=1S/C9H6F2OS/c10-6-3-1-2-5-8(11)7(4-12)13-9(5)6/h1-3,12H,4H2. The second kappa shape index (κ2) is 3.05. The Bertz CT molecular complexity index is 450. The van der Waals surface area contributed by atoms with Crippen molar-refractivity contribution in [2.45, 2.75) is 6.61 Å². The molecule has 4 heteroatoms. The van der Waals surface area contributed by atoms with Crippen LogP contribution in [-0.4, -0.2) is 5.11 Å². The molecule has 1 aromatic heterocycles. The van der Waals surface area contributed by atoms with Gasteiger partial charge in [-0.1, -0.05) is 12.1 Å². The number of fused-ring (bicyclic) bond motifs is 1. The second-order valence-corrected chi connectivity index (χ2v) is 3.72. The van der Waals surface area contributed by atoms with Crippen LogP contribution in [0.15, 0.2) is 18.2 Å². The Morgan fingerprint density at radius 2 is 2.08 bits per heavy atom. The van der Waals surface area contributed by atoms with E-state index in [1.807, 2.05) is 0 Å². The zero-order valence-electron chi connectivity index (χ0n) is 6.55. The smallest absolute Gasteiger partial charge is 0.147 e. The molecule has 1 N–H and O–H groups in total. The quantitative estimate of drug-likeness (QED) is 0.750. The van der Waals surface area contributed by atoms with Gasteiger partial charge in [0, 0.05) is 5.39 Å². The number of hydrogen-bond donors (Lipinski definition) is 1. The molecule has 0 aliphatic carbocycles. The number of rotatable bonds is 1. The molecule has 0 fully saturated rings. The molecule has 0 unspecified atom stereocenters. The van der Waals surface area contributed by atoms with Gasteiger partial charge in [-0.25, -0.2) is 8.78 Å². The van der Waals surface area contributed by atoms with Crippen molar-refractivity contribution in [1.82, 2.24) is 0 Å². The topological polar surface area (TPSA) is 20.2 Å². The van der Waals surface area contributed by atoms with Gasteiger partial charge in [-0.3, -0.25) is 0 Å². The van der Waals surface area contributed by atoms with Crippen LogP contribution in [0.5, 0.6) is 0 Å². The first kappa shape index (κ1) is 8.59. The van der Waals surface area contributed by atoms with Gasteiger partial charge in [-0.2, -0.15) is 0 Å². The van der Waals surface area contributed by atoms with E-state index in [4.69, 9.17) is 5.11 Å². The highest BCUT2D eigenvalue weighted by Crippen LogP contribution is 2.31. The fourth-order valence-electron chi connectivity index (χ4n) is 1.21. The van der Waals surface area contributed by atoms with E-state index in [1.54, 1.807) is 0 Å². The highest BCUT2D eigenvalue weighted by molar-refractivity contribution is 7.19. The Morgan fingerprint density at radius 1 is 1.31 bits per heavy atom. The molecule has 2 aromatic rings. The van der Waals surface area contributed by atoms with E-state index in [9.17, 15) is 8.78 Å². The van der Waals surface area contributed by atoms with Crippen molar-refractivity contribution in [3.05, 3.63) is 34.7 Å². The maximum absolute atomic E-state index is 13.3. The molecule has 1 heterocycles. The number of thiophene rings is 1. The van der Waals surface area contributed by atoms with Crippen LogP contribution in [0.25, 0.3) is 10.1 Å². The van der Waals surface area contributed by atoms with Crippen LogP contribution in [0.3, 0.4) is 0 Å². The van der Waals surface area contributed by atoms with Crippen molar-refractivity contribution in [2.75, 3.05) is 0 Å². The fourth-order valence-corrected chi connectivity index (χ4v) is 2.15. The van der Waals surface area contributed by atoms with Gasteiger partial charge >= 0.3 is 0 Å². The van der Waals surface area contributed by atoms with E-state index < -0.39 is 11.6 Å². The van der Waals surface area contributed by atoms with Crippen molar-refractivity contribution in [2.24, 2.45) is 0 Å². The third-order valence-corrected chi connectivity index (χ3v) is 2.99. The summed E-state index contributed by atoms with van der Waals surface area (Å²) in [6.45, 7) is -0.384. The molecule has 0 radical (unpaired) electrons. The van der Waals surface area contributed by atoms with E-state index in [1.165, 1.54) is 18.2 Å². The van der Waals surface area contributed by atoms with Gasteiger partial charge in [0.2, 0.25) is 0 Å². The van der Waals surface area contributed by atoms with Crippen molar-refractivity contribution < 1.29 is 13.9 Å². The molecule has 0 spiro atoms. The van der Waals surface area contributed by atoms with Crippen molar-refractivity contribution in [3.8, 4) is 0 Å². The van der Waals surface area contributed by atoms with Gasteiger partial charge in [-0.05, 0) is 6.07 Å². The molecule has 0 bridgehead atoms. The average molecular weight is 200 g/mol. The van der Waals surface area contributed by atoms with E-state index >= 15 is 0 Å². The molecule has 13 heavy (non-hydrogen) atoms. The van der Waals surface area contributed by atoms with E-state index in [2.05, 4.69) is 0 Å². The van der Waals surface area contributed by atoms with Gasteiger partial charge in [0.05, 0.1) is 16.2 Å². The predicted octanol–water partition coefficient (Wildman–Crippen LogP) is 2.67. The molecule has 0 saturated heterocycles. The lowest BCUT2D eigenvalue weighted by molar-refractivity contribution is 0.280. The summed E-state index contributed by atoms with van der Waals surface area (Å²) in [6, 6.07) is 4.23. The maximum atomic E-state index is 13.3. The van der Waals surface area contributed by atoms with Crippen LogP contribution in [0.2, 0.25) is 0 Å². The Kier molecular flexibility index (Phi) is 2.01. The third kappa shape index (κ3) is 1.22. The molecule has 1 aromatic carbocycles. The number of aliphatic hydroxyl groups excluding tert-OH is 1. The summed E-state index contributed by atoms with van der Waals surface area (Å²) in [7, 11) is 0. The normalized spacial score (nSPS) is 11.0. The zero-order chi connectivity index (χ0) is 9.42. The Morgan fingerprint density at radius 3 is 2.69 bits per heavy atom. The number of hydrogen-bond acceptors (Lipinski definition) is 2. The van der Waals surface area contributed by atoms with E-state index in [0.29, 0.717) is 0 Å². The van der Waals surface area contributed by atoms with Gasteiger partial charge < -0.3 is 5.11 Å². The summed E-state index contributed by atoms with van der Waals surface area (Å²) in [6.07, 6.45) is 0. The van der Waals surface area contributed by atoms with Gasteiger partial charge in [0.15, 0.2) is 0 Å². The van der Waals surface area contributed by atoms with Crippen LogP contribution in [0.4, 0.5) is 8.78 Å². The summed E-state index contributed by atoms with van der Waals surface area (Å²) in [5.41, 5.74) is 0. The minimum Gasteiger partial charge on any atom is -0.391 e. The summed E-state index contributed by atoms with van der Waals surface area (Å²) in [4.78, 5) is 0.181. The van der Waals surface area contributed by atoms with Crippen LogP contribution >= 0.6 is 11.3 Å². The van der Waals surface area contributed by atoms with Crippen molar-refractivity contribution in [3.63, 3.8) is 0 Å². The first-order valence-corrected chi connectivity index (χ1v) is 4.52. The molecular weight excluding hydrogens is 194 g/mol. The molecule has 0 aliphatic heterocycles. The monoisotopic (exact) mass is 200 g/mol. The second-order valence-electron chi connectivity index (χ2n) is 2.61. The largest absolute Gasteiger partial charge is 0.391 e. The molecular formula is C9H6F2OS. The SMILES string of the molecule is OCc1sc2c(F)cccc2c1F. The van der Waals surface area contributed by atoms with Gasteiger partial charge in [0.1, 0.15) is 11.6 Å². The van der Waals surface area contributed by atoms with E-state index in [0.717, 1.165) is 11.3 Å². The minimum absolute atomic E-state index is 0.181. The first-order chi connectivity index (χ1) is 6.24. The summed E-state index contributed by atoms with van der Waals surface area (Å²) in [5, 5.41) is 9.00. The lowest BCUT2D eigenvalue weighted by Gasteiger charge is -1.89. The fraction of sp³-hybridized carbons (Fsp3) is 0.111. The minimum atomic E-state index is -0.512. The number of halogens is 2. The number of aliphatic hydroxyl groups is 1. The van der Waals surface area contributed by atoms with Gasteiger partial charge in [0.25, 0.3) is 0 Å². The molecule has 68 valence electrons. The lowest BCUT2D eigenvalue weighted by atomic mass is 10.2. The van der Waals surface area contributed by atoms with Crippen molar-refractivity contribution >= 4 is 21.4 Å². The van der Waals surface area contributed by atoms with E-state index in [-0.39, 0.29) is 21.6 Å². The predicted molar refractivity (Wildman–Crippen MR) is 47.7 cm³/mol. The molecule has 0 amide bonds. The molecule has 2 rings (SSSR count). The highest BCUT2D eigenvalue weighted by atomic mass is 32.1. The highest BCUT2D eigenvalue weighted by Gasteiger charge is 2.13. The Balaban J connectivity index is 2.83. The van der Waals surface area contributed by atoms with Crippen LogP contribution in [-0.2, 0) is 6.61 Å². The van der Waals surface area contributed by atoms with Crippen molar-refractivity contribution in [1.29, 1.82) is 0 Å².